The van der Waals surface area contributed by atoms with E-state index in [-0.39, 0.29) is 11.3 Å². The predicted octanol–water partition coefficient (Wildman–Crippen LogP) is 1.99. The van der Waals surface area contributed by atoms with Gasteiger partial charge in [0.1, 0.15) is 5.60 Å². The van der Waals surface area contributed by atoms with Crippen LogP contribution in [0.25, 0.3) is 0 Å². The van der Waals surface area contributed by atoms with Gasteiger partial charge in [-0.15, -0.1) is 0 Å². The molecule has 90 valence electrons. The van der Waals surface area contributed by atoms with Gasteiger partial charge >= 0.3 is 6.09 Å². The summed E-state index contributed by atoms with van der Waals surface area (Å²) in [5, 5.41) is -0.204. The summed E-state index contributed by atoms with van der Waals surface area (Å²) in [5.74, 6) is 0. The molecule has 0 atom stereocenters. The van der Waals surface area contributed by atoms with Gasteiger partial charge < -0.3 is 9.64 Å². The molecule has 0 aromatic carbocycles. The number of ether oxygens (including phenoxy) is 1. The third kappa shape index (κ3) is 3.55. The van der Waals surface area contributed by atoms with Crippen LogP contribution in [0.3, 0.4) is 0 Å². The van der Waals surface area contributed by atoms with E-state index < -0.39 is 16.2 Å². The Kier molecular flexibility index (Phi) is 3.23. The molecule has 6 heteroatoms. The molecule has 5 nitrogen and oxygen atoms in total. The smallest absolute Gasteiger partial charge is 0.410 e. The molecule has 2 N–H and O–H groups in total. The van der Waals surface area contributed by atoms with E-state index in [9.17, 15) is 13.9 Å². The van der Waals surface area contributed by atoms with Gasteiger partial charge in [0.2, 0.25) is 0 Å². The van der Waals surface area contributed by atoms with Crippen molar-refractivity contribution in [3.05, 3.63) is 0 Å². The zero-order valence-electron chi connectivity index (χ0n) is 9.56. The van der Waals surface area contributed by atoms with Crippen LogP contribution >= 0.6 is 10.6 Å². The fourth-order valence-electron chi connectivity index (χ4n) is 1.20. The van der Waals surface area contributed by atoms with Crippen molar-refractivity contribution in [1.29, 1.82) is 0 Å². The maximum Gasteiger partial charge on any atom is 0.410 e. The largest absolute Gasteiger partial charge is 0.444 e. The summed E-state index contributed by atoms with van der Waals surface area (Å²) in [4.78, 5) is 12.9. The standard InChI is InChI=1S/C9H19NO4S/c1-9(2,3)14-8(11)10-5-7(6-10)15(4,12)13/h7,12-13H,5-6H2,1-4H3. The van der Waals surface area contributed by atoms with Crippen LogP contribution in [0.4, 0.5) is 4.79 Å². The summed E-state index contributed by atoms with van der Waals surface area (Å²) >= 11 is 0. The van der Waals surface area contributed by atoms with Crippen molar-refractivity contribution in [2.45, 2.75) is 31.6 Å². The van der Waals surface area contributed by atoms with E-state index in [1.807, 2.05) is 0 Å². The van der Waals surface area contributed by atoms with Gasteiger partial charge in [-0.2, -0.15) is 10.6 Å². The fraction of sp³-hybridized carbons (Fsp3) is 0.889. The van der Waals surface area contributed by atoms with Crippen LogP contribution in [-0.4, -0.2) is 50.3 Å². The summed E-state index contributed by atoms with van der Waals surface area (Å²) in [6.45, 7) is 6.14. The minimum absolute atomic E-state index is 0.204. The van der Waals surface area contributed by atoms with Crippen LogP contribution in [0, 0.1) is 0 Å². The first kappa shape index (κ1) is 12.6. The van der Waals surface area contributed by atoms with E-state index in [0.29, 0.717) is 13.1 Å². The third-order valence-electron chi connectivity index (χ3n) is 2.13. The summed E-state index contributed by atoms with van der Waals surface area (Å²) in [5.41, 5.74) is -0.503. The highest BCUT2D eigenvalue weighted by atomic mass is 32.3. The lowest BCUT2D eigenvalue weighted by Gasteiger charge is -2.48. The second-order valence-corrected chi connectivity index (χ2v) is 7.35. The van der Waals surface area contributed by atoms with Gasteiger partial charge in [0, 0.05) is 19.3 Å². The maximum absolute atomic E-state index is 11.5. The number of carbonyl (C=O) groups excluding carboxylic acids is 1. The number of amides is 1. The molecule has 1 aliphatic rings. The number of carbonyl (C=O) groups is 1. The first-order valence-corrected chi connectivity index (χ1v) is 6.81. The van der Waals surface area contributed by atoms with Gasteiger partial charge in [0.15, 0.2) is 0 Å². The van der Waals surface area contributed by atoms with Crippen molar-refractivity contribution in [3.63, 3.8) is 0 Å². The van der Waals surface area contributed by atoms with E-state index in [1.54, 1.807) is 20.8 Å². The Morgan fingerprint density at radius 1 is 1.40 bits per heavy atom. The monoisotopic (exact) mass is 237 g/mol. The van der Waals surface area contributed by atoms with Crippen LogP contribution in [0.2, 0.25) is 0 Å². The number of hydrogen-bond acceptors (Lipinski definition) is 4. The molecule has 1 saturated heterocycles. The van der Waals surface area contributed by atoms with E-state index in [0.717, 1.165) is 0 Å². The molecule has 0 aliphatic carbocycles. The normalized spacial score (nSPS) is 19.7. The molecule has 0 aromatic rings. The summed E-state index contributed by atoms with van der Waals surface area (Å²) in [6.07, 6.45) is 1.02. The Hall–Kier alpha value is -0.460. The number of hydrogen-bond donors (Lipinski definition) is 2. The lowest BCUT2D eigenvalue weighted by Crippen LogP contribution is -2.56. The highest BCUT2D eigenvalue weighted by Gasteiger charge is 2.39. The molecule has 1 heterocycles. The maximum atomic E-state index is 11.5. The molecule has 1 aliphatic heterocycles. The molecule has 0 radical (unpaired) electrons. The topological polar surface area (TPSA) is 70.0 Å². The van der Waals surface area contributed by atoms with Gasteiger partial charge in [-0.1, -0.05) is 0 Å². The molecule has 1 amide bonds. The molecule has 1 fully saturated rings. The molecular formula is C9H19NO4S. The number of nitrogens with zero attached hydrogens (tertiary/aromatic N) is 1. The van der Waals surface area contributed by atoms with Gasteiger partial charge in [-0.05, 0) is 20.8 Å². The molecule has 1 rings (SSSR count). The first-order valence-electron chi connectivity index (χ1n) is 4.79. The third-order valence-corrected chi connectivity index (χ3v) is 3.69. The minimum Gasteiger partial charge on any atom is -0.444 e. The van der Waals surface area contributed by atoms with E-state index in [1.165, 1.54) is 11.2 Å². The average molecular weight is 237 g/mol. The highest BCUT2D eigenvalue weighted by molar-refractivity contribution is 8.24. The van der Waals surface area contributed by atoms with Crippen LogP contribution in [0.5, 0.6) is 0 Å². The average Bonchev–Trinajstić information content (AvgIpc) is 1.72. The molecule has 0 unspecified atom stereocenters. The number of rotatable bonds is 1. The zero-order valence-corrected chi connectivity index (χ0v) is 10.4. The summed E-state index contributed by atoms with van der Waals surface area (Å²) in [7, 11) is -2.53. The van der Waals surface area contributed by atoms with E-state index in [2.05, 4.69) is 0 Å². The second kappa shape index (κ2) is 3.84. The Labute approximate surface area is 91.8 Å². The Balaban J connectivity index is 2.37. The SMILES string of the molecule is CC(C)(C)OC(=O)N1CC(S(C)(O)O)C1. The number of likely N-dealkylation sites (tertiary alicyclic amines) is 1. The second-order valence-electron chi connectivity index (χ2n) is 4.90. The van der Waals surface area contributed by atoms with Gasteiger partial charge in [0.25, 0.3) is 0 Å². The van der Waals surface area contributed by atoms with Crippen molar-refractivity contribution in [3.8, 4) is 0 Å². The lowest BCUT2D eigenvalue weighted by atomic mass is 10.2. The van der Waals surface area contributed by atoms with Crippen molar-refractivity contribution in [1.82, 2.24) is 4.90 Å². The Morgan fingerprint density at radius 3 is 2.20 bits per heavy atom. The van der Waals surface area contributed by atoms with E-state index >= 15 is 0 Å². The Morgan fingerprint density at radius 2 is 1.87 bits per heavy atom. The van der Waals surface area contributed by atoms with Gasteiger partial charge in [0.05, 0.1) is 5.25 Å². The van der Waals surface area contributed by atoms with Crippen molar-refractivity contribution in [2.24, 2.45) is 0 Å². The fourth-order valence-corrected chi connectivity index (χ4v) is 2.12. The van der Waals surface area contributed by atoms with Crippen LogP contribution < -0.4 is 0 Å². The van der Waals surface area contributed by atoms with Crippen molar-refractivity contribution in [2.75, 3.05) is 19.3 Å². The van der Waals surface area contributed by atoms with Crippen LogP contribution in [0.15, 0.2) is 0 Å². The molecule has 0 spiro atoms. The van der Waals surface area contributed by atoms with Crippen LogP contribution in [-0.2, 0) is 4.74 Å². The summed E-state index contributed by atoms with van der Waals surface area (Å²) in [6, 6.07) is 0. The predicted molar refractivity (Wildman–Crippen MR) is 60.4 cm³/mol. The van der Waals surface area contributed by atoms with E-state index in [4.69, 9.17) is 4.74 Å². The van der Waals surface area contributed by atoms with Gasteiger partial charge in [-0.3, -0.25) is 9.11 Å². The van der Waals surface area contributed by atoms with Crippen molar-refractivity contribution < 1.29 is 18.6 Å². The lowest BCUT2D eigenvalue weighted by molar-refractivity contribution is 0.0134. The molecule has 0 saturated carbocycles. The highest BCUT2D eigenvalue weighted by Crippen LogP contribution is 2.44. The Bertz CT molecular complexity index is 250. The van der Waals surface area contributed by atoms with Crippen molar-refractivity contribution >= 4 is 16.7 Å². The molecule has 15 heavy (non-hydrogen) atoms. The molecule has 0 bridgehead atoms. The zero-order chi connectivity index (χ0) is 11.9. The minimum atomic E-state index is -2.53. The first-order chi connectivity index (χ1) is 6.59. The van der Waals surface area contributed by atoms with Gasteiger partial charge in [-0.25, -0.2) is 4.79 Å². The molecule has 0 aromatic heterocycles. The van der Waals surface area contributed by atoms with Crippen LogP contribution in [0.1, 0.15) is 20.8 Å². The summed E-state index contributed by atoms with van der Waals surface area (Å²) < 4.78 is 23.8. The quantitative estimate of drug-likeness (QED) is 0.731. The molecular weight excluding hydrogens is 218 g/mol.